The molecule has 0 N–H and O–H groups in total. The second-order valence-corrected chi connectivity index (χ2v) is 6.82. The Labute approximate surface area is 124 Å². The number of nitrogens with zero attached hydrogens (tertiary/aromatic N) is 2. The van der Waals surface area contributed by atoms with E-state index in [1.165, 1.54) is 11.8 Å². The fraction of sp³-hybridized carbons (Fsp3) is 0.692. The monoisotopic (exact) mass is 300 g/mol. The zero-order valence-electron chi connectivity index (χ0n) is 11.6. The molecule has 1 fully saturated rings. The van der Waals surface area contributed by atoms with E-state index >= 15 is 0 Å². The molecule has 6 heteroatoms. The van der Waals surface area contributed by atoms with Crippen LogP contribution in [-0.4, -0.2) is 57.7 Å². The highest BCUT2D eigenvalue weighted by Gasteiger charge is 2.26. The predicted octanol–water partition coefficient (Wildman–Crippen LogP) is 2.19. The quantitative estimate of drug-likeness (QED) is 0.547. The van der Waals surface area contributed by atoms with Crippen LogP contribution >= 0.6 is 24.0 Å². The smallest absolute Gasteiger partial charge is 0.410 e. The lowest BCUT2D eigenvalue weighted by Crippen LogP contribution is -2.50. The van der Waals surface area contributed by atoms with Crippen LogP contribution < -0.4 is 0 Å². The summed E-state index contributed by atoms with van der Waals surface area (Å²) in [5, 5.41) is 0. The van der Waals surface area contributed by atoms with Crippen LogP contribution in [0.2, 0.25) is 0 Å². The number of amides is 1. The third-order valence-electron chi connectivity index (χ3n) is 2.47. The minimum absolute atomic E-state index is 0.255. The second kappa shape index (κ2) is 7.01. The van der Waals surface area contributed by atoms with Crippen LogP contribution in [-0.2, 0) is 4.74 Å². The molecule has 106 valence electrons. The predicted molar refractivity (Wildman–Crippen MR) is 83.3 cm³/mol. The zero-order chi connectivity index (χ0) is 14.5. The first-order valence-corrected chi connectivity index (χ1v) is 7.56. The van der Waals surface area contributed by atoms with Crippen LogP contribution in [0, 0.1) is 12.3 Å². The van der Waals surface area contributed by atoms with Gasteiger partial charge in [0.15, 0.2) is 0 Å². The van der Waals surface area contributed by atoms with Crippen molar-refractivity contribution in [1.82, 2.24) is 9.80 Å². The highest BCUT2D eigenvalue weighted by molar-refractivity contribution is 8.23. The highest BCUT2D eigenvalue weighted by Crippen LogP contribution is 2.15. The standard InChI is InChI=1S/C13H20N2O2S2/c1-5-10-19-12(18)15-8-6-14(7-9-15)11(16)17-13(2,3)4/h1H,6-10H2,2-4H3. The molecule has 1 saturated heterocycles. The van der Waals surface area contributed by atoms with E-state index in [9.17, 15) is 4.79 Å². The number of terminal acetylenes is 1. The summed E-state index contributed by atoms with van der Waals surface area (Å²) >= 11 is 6.78. The summed E-state index contributed by atoms with van der Waals surface area (Å²) in [6.07, 6.45) is 4.95. The summed E-state index contributed by atoms with van der Waals surface area (Å²) in [5.74, 6) is 3.14. The van der Waals surface area contributed by atoms with Crippen LogP contribution in [0.4, 0.5) is 4.79 Å². The molecule has 0 saturated carbocycles. The second-order valence-electron chi connectivity index (χ2n) is 5.21. The Morgan fingerprint density at radius 3 is 2.32 bits per heavy atom. The number of thiocarbonyl (C=S) groups is 1. The van der Waals surface area contributed by atoms with E-state index < -0.39 is 5.60 Å². The van der Waals surface area contributed by atoms with E-state index in [1.807, 2.05) is 20.8 Å². The van der Waals surface area contributed by atoms with Crippen LogP contribution in [0.15, 0.2) is 0 Å². The SMILES string of the molecule is C#CCSC(=S)N1CCN(C(=O)OC(C)(C)C)CC1. The largest absolute Gasteiger partial charge is 0.444 e. The lowest BCUT2D eigenvalue weighted by Gasteiger charge is -2.36. The van der Waals surface area contributed by atoms with Gasteiger partial charge in [-0.05, 0) is 20.8 Å². The van der Waals surface area contributed by atoms with Crippen molar-refractivity contribution in [3.05, 3.63) is 0 Å². The van der Waals surface area contributed by atoms with E-state index in [2.05, 4.69) is 10.8 Å². The molecule has 0 bridgehead atoms. The number of carbonyl (C=O) groups excluding carboxylic acids is 1. The molecule has 0 aromatic heterocycles. The molecule has 1 heterocycles. The first-order chi connectivity index (χ1) is 8.83. The van der Waals surface area contributed by atoms with Crippen molar-refractivity contribution in [3.8, 4) is 12.3 Å². The Kier molecular flexibility index (Phi) is 5.95. The van der Waals surface area contributed by atoms with E-state index in [4.69, 9.17) is 23.4 Å². The van der Waals surface area contributed by atoms with Gasteiger partial charge in [0.1, 0.15) is 9.92 Å². The molecule has 0 aromatic carbocycles. The van der Waals surface area contributed by atoms with Crippen LogP contribution in [0.5, 0.6) is 0 Å². The van der Waals surface area contributed by atoms with Gasteiger partial charge in [-0.3, -0.25) is 0 Å². The number of carbonyl (C=O) groups is 1. The van der Waals surface area contributed by atoms with Crippen molar-refractivity contribution in [2.75, 3.05) is 31.9 Å². The molecule has 1 aliphatic heterocycles. The third-order valence-corrected chi connectivity index (χ3v) is 3.90. The highest BCUT2D eigenvalue weighted by atomic mass is 32.2. The molecule has 1 aliphatic rings. The average molecular weight is 300 g/mol. The summed E-state index contributed by atoms with van der Waals surface area (Å²) < 4.78 is 6.15. The van der Waals surface area contributed by atoms with Gasteiger partial charge in [-0.15, -0.1) is 6.42 Å². The molecule has 0 atom stereocenters. The molecular weight excluding hydrogens is 280 g/mol. The van der Waals surface area contributed by atoms with E-state index in [0.29, 0.717) is 18.8 Å². The van der Waals surface area contributed by atoms with Crippen LogP contribution in [0.1, 0.15) is 20.8 Å². The summed E-state index contributed by atoms with van der Waals surface area (Å²) in [5.41, 5.74) is -0.452. The lowest BCUT2D eigenvalue weighted by molar-refractivity contribution is 0.0189. The summed E-state index contributed by atoms with van der Waals surface area (Å²) in [6.45, 7) is 8.33. The lowest BCUT2D eigenvalue weighted by atomic mass is 10.2. The first kappa shape index (κ1) is 16.1. The van der Waals surface area contributed by atoms with Gasteiger partial charge >= 0.3 is 6.09 Å². The minimum atomic E-state index is -0.452. The molecule has 0 aromatic rings. The van der Waals surface area contributed by atoms with Gasteiger partial charge in [-0.25, -0.2) is 4.79 Å². The van der Waals surface area contributed by atoms with Crippen LogP contribution in [0.3, 0.4) is 0 Å². The molecule has 4 nitrogen and oxygen atoms in total. The van der Waals surface area contributed by atoms with Gasteiger partial charge in [-0.2, -0.15) is 0 Å². The number of ether oxygens (including phenoxy) is 1. The van der Waals surface area contributed by atoms with Crippen molar-refractivity contribution in [2.24, 2.45) is 0 Å². The number of piperazine rings is 1. The van der Waals surface area contributed by atoms with Gasteiger partial charge in [0, 0.05) is 26.2 Å². The molecule has 0 spiro atoms. The zero-order valence-corrected chi connectivity index (χ0v) is 13.3. The van der Waals surface area contributed by atoms with Crippen LogP contribution in [0.25, 0.3) is 0 Å². The Morgan fingerprint density at radius 1 is 1.32 bits per heavy atom. The minimum Gasteiger partial charge on any atom is -0.444 e. The Balaban J connectivity index is 2.39. The number of hydrogen-bond donors (Lipinski definition) is 0. The van der Waals surface area contributed by atoms with E-state index in [-0.39, 0.29) is 6.09 Å². The maximum atomic E-state index is 11.9. The maximum absolute atomic E-state index is 11.9. The van der Waals surface area contributed by atoms with Crippen molar-refractivity contribution in [2.45, 2.75) is 26.4 Å². The van der Waals surface area contributed by atoms with Crippen molar-refractivity contribution in [3.63, 3.8) is 0 Å². The normalized spacial score (nSPS) is 15.9. The van der Waals surface area contributed by atoms with Gasteiger partial charge < -0.3 is 14.5 Å². The fourth-order valence-corrected chi connectivity index (χ4v) is 2.52. The summed E-state index contributed by atoms with van der Waals surface area (Å²) in [4.78, 5) is 15.7. The van der Waals surface area contributed by atoms with Gasteiger partial charge in [0.2, 0.25) is 0 Å². The molecule has 0 aliphatic carbocycles. The molecular formula is C13H20N2O2S2. The first-order valence-electron chi connectivity index (χ1n) is 6.16. The molecule has 1 amide bonds. The fourth-order valence-electron chi connectivity index (χ4n) is 1.59. The van der Waals surface area contributed by atoms with Crippen molar-refractivity contribution in [1.29, 1.82) is 0 Å². The van der Waals surface area contributed by atoms with Gasteiger partial charge in [-0.1, -0.05) is 29.9 Å². The number of rotatable bonds is 1. The number of thioether (sulfide) groups is 1. The topological polar surface area (TPSA) is 32.8 Å². The molecule has 0 unspecified atom stereocenters. The Bertz CT molecular complexity index is 377. The van der Waals surface area contributed by atoms with E-state index in [0.717, 1.165) is 17.4 Å². The van der Waals surface area contributed by atoms with E-state index in [1.54, 1.807) is 4.90 Å². The number of hydrogen-bond acceptors (Lipinski definition) is 4. The Morgan fingerprint density at radius 2 is 1.84 bits per heavy atom. The average Bonchev–Trinajstić information content (AvgIpc) is 2.34. The summed E-state index contributed by atoms with van der Waals surface area (Å²) in [6, 6.07) is 0. The van der Waals surface area contributed by atoms with Crippen molar-refractivity contribution < 1.29 is 9.53 Å². The Hall–Kier alpha value is -0.930. The molecule has 1 rings (SSSR count). The van der Waals surface area contributed by atoms with Gasteiger partial charge in [0.25, 0.3) is 0 Å². The maximum Gasteiger partial charge on any atom is 0.410 e. The molecule has 19 heavy (non-hydrogen) atoms. The van der Waals surface area contributed by atoms with Gasteiger partial charge in [0.05, 0.1) is 5.75 Å². The molecule has 0 radical (unpaired) electrons. The van der Waals surface area contributed by atoms with Crippen molar-refractivity contribution >= 4 is 34.4 Å². The third kappa shape index (κ3) is 5.70. The summed E-state index contributed by atoms with van der Waals surface area (Å²) in [7, 11) is 0.